The molecular formula is C9H10I2O3. The molecule has 0 aliphatic heterocycles. The molecule has 0 bridgehead atoms. The number of phenols is 2. The third kappa shape index (κ3) is 2.63. The largest absolute Gasteiger partial charge is 0.507 e. The smallest absolute Gasteiger partial charge is 0.133 e. The van der Waals surface area contributed by atoms with E-state index in [1.165, 1.54) is 0 Å². The second kappa shape index (κ2) is 5.36. The van der Waals surface area contributed by atoms with Gasteiger partial charge in [0.25, 0.3) is 0 Å². The summed E-state index contributed by atoms with van der Waals surface area (Å²) in [5.41, 5.74) is 0.717. The van der Waals surface area contributed by atoms with Crippen LogP contribution in [0.25, 0.3) is 0 Å². The number of benzene rings is 1. The highest BCUT2D eigenvalue weighted by Gasteiger charge is 2.12. The van der Waals surface area contributed by atoms with Crippen molar-refractivity contribution in [3.63, 3.8) is 0 Å². The van der Waals surface area contributed by atoms with Crippen LogP contribution in [0.5, 0.6) is 11.5 Å². The van der Waals surface area contributed by atoms with Gasteiger partial charge in [-0.3, -0.25) is 0 Å². The highest BCUT2D eigenvalue weighted by molar-refractivity contribution is 14.1. The monoisotopic (exact) mass is 420 g/mol. The van der Waals surface area contributed by atoms with Crippen molar-refractivity contribution in [1.29, 1.82) is 0 Å². The van der Waals surface area contributed by atoms with Crippen molar-refractivity contribution in [1.82, 2.24) is 0 Å². The fraction of sp³-hybridized carbons (Fsp3) is 0.333. The van der Waals surface area contributed by atoms with Gasteiger partial charge in [-0.2, -0.15) is 0 Å². The van der Waals surface area contributed by atoms with Crippen molar-refractivity contribution in [2.75, 3.05) is 13.7 Å². The first kappa shape index (κ1) is 12.3. The van der Waals surface area contributed by atoms with E-state index in [-0.39, 0.29) is 11.5 Å². The molecule has 0 atom stereocenters. The first-order valence-electron chi connectivity index (χ1n) is 3.95. The first-order valence-corrected chi connectivity index (χ1v) is 6.11. The van der Waals surface area contributed by atoms with Crippen LogP contribution in [0, 0.1) is 7.14 Å². The zero-order valence-electron chi connectivity index (χ0n) is 7.55. The van der Waals surface area contributed by atoms with Gasteiger partial charge in [0.05, 0.1) is 13.7 Å². The minimum atomic E-state index is 0.207. The summed E-state index contributed by atoms with van der Waals surface area (Å²) in [6, 6.07) is 1.58. The van der Waals surface area contributed by atoms with Crippen LogP contribution in [0.3, 0.4) is 0 Å². The molecule has 0 aliphatic carbocycles. The van der Waals surface area contributed by atoms with Crippen LogP contribution in [-0.4, -0.2) is 23.9 Å². The Bertz CT molecular complexity index is 339. The van der Waals surface area contributed by atoms with Crippen LogP contribution in [0.1, 0.15) is 5.56 Å². The number of phenolic OH excluding ortho intramolecular Hbond substituents is 2. The van der Waals surface area contributed by atoms with Crippen molar-refractivity contribution >= 4 is 45.2 Å². The van der Waals surface area contributed by atoms with Gasteiger partial charge in [0.1, 0.15) is 11.5 Å². The van der Waals surface area contributed by atoms with Gasteiger partial charge in [0.2, 0.25) is 0 Å². The Kier molecular flexibility index (Phi) is 4.71. The van der Waals surface area contributed by atoms with Gasteiger partial charge in [-0.05, 0) is 57.7 Å². The van der Waals surface area contributed by atoms with Crippen molar-refractivity contribution in [2.24, 2.45) is 0 Å². The Balaban J connectivity index is 3.06. The number of rotatable bonds is 3. The minimum Gasteiger partial charge on any atom is -0.507 e. The van der Waals surface area contributed by atoms with Crippen LogP contribution in [-0.2, 0) is 11.2 Å². The molecule has 1 aromatic carbocycles. The van der Waals surface area contributed by atoms with Crippen molar-refractivity contribution < 1.29 is 14.9 Å². The van der Waals surface area contributed by atoms with Gasteiger partial charge in [-0.15, -0.1) is 0 Å². The van der Waals surface area contributed by atoms with Crippen LogP contribution in [0.15, 0.2) is 6.07 Å². The molecule has 1 aromatic rings. The van der Waals surface area contributed by atoms with Gasteiger partial charge < -0.3 is 14.9 Å². The van der Waals surface area contributed by atoms with Crippen LogP contribution >= 0.6 is 45.2 Å². The third-order valence-electron chi connectivity index (χ3n) is 1.82. The molecule has 78 valence electrons. The second-order valence-electron chi connectivity index (χ2n) is 2.77. The molecule has 0 saturated carbocycles. The third-order valence-corrected chi connectivity index (χ3v) is 4.99. The van der Waals surface area contributed by atoms with E-state index < -0.39 is 0 Å². The fourth-order valence-corrected chi connectivity index (χ4v) is 2.09. The van der Waals surface area contributed by atoms with Crippen molar-refractivity contribution in [3.8, 4) is 11.5 Å². The van der Waals surface area contributed by atoms with E-state index in [2.05, 4.69) is 0 Å². The Hall–Kier alpha value is 0.240. The lowest BCUT2D eigenvalue weighted by molar-refractivity contribution is 0.201. The van der Waals surface area contributed by atoms with E-state index in [0.717, 1.165) is 0 Å². The quantitative estimate of drug-likeness (QED) is 0.584. The van der Waals surface area contributed by atoms with Gasteiger partial charge in [0.15, 0.2) is 0 Å². The molecule has 0 saturated heterocycles. The average Bonchev–Trinajstić information content (AvgIpc) is 2.18. The molecule has 5 heteroatoms. The fourth-order valence-electron chi connectivity index (χ4n) is 1.06. The van der Waals surface area contributed by atoms with E-state index in [4.69, 9.17) is 4.74 Å². The van der Waals surface area contributed by atoms with E-state index in [1.807, 2.05) is 45.2 Å². The van der Waals surface area contributed by atoms with Crippen LogP contribution in [0.4, 0.5) is 0 Å². The molecule has 0 aromatic heterocycles. The summed E-state index contributed by atoms with van der Waals surface area (Å²) in [5, 5.41) is 19.3. The zero-order chi connectivity index (χ0) is 10.7. The number of hydrogen-bond donors (Lipinski definition) is 2. The van der Waals surface area contributed by atoms with Crippen LogP contribution in [0.2, 0.25) is 0 Å². The van der Waals surface area contributed by atoms with Gasteiger partial charge in [-0.1, -0.05) is 0 Å². The number of halogens is 2. The minimum absolute atomic E-state index is 0.207. The summed E-state index contributed by atoms with van der Waals surface area (Å²) in [7, 11) is 1.61. The lowest BCUT2D eigenvalue weighted by Crippen LogP contribution is -1.97. The summed E-state index contributed by atoms with van der Waals surface area (Å²) in [6.07, 6.45) is 0.600. The Morgan fingerprint density at radius 1 is 1.29 bits per heavy atom. The molecule has 0 aliphatic rings. The molecule has 0 fully saturated rings. The number of aromatic hydroxyl groups is 2. The molecule has 0 amide bonds. The Morgan fingerprint density at radius 2 is 1.93 bits per heavy atom. The molecule has 3 nitrogen and oxygen atoms in total. The predicted octanol–water partition coefficient (Wildman–Crippen LogP) is 2.50. The number of methoxy groups -OCH3 is 1. The maximum Gasteiger partial charge on any atom is 0.133 e. The van der Waals surface area contributed by atoms with E-state index in [1.54, 1.807) is 13.2 Å². The molecule has 0 radical (unpaired) electrons. The normalized spacial score (nSPS) is 10.5. The van der Waals surface area contributed by atoms with E-state index >= 15 is 0 Å². The van der Waals surface area contributed by atoms with Crippen LogP contribution < -0.4 is 0 Å². The maximum absolute atomic E-state index is 9.75. The van der Waals surface area contributed by atoms with Gasteiger partial charge in [0, 0.05) is 12.7 Å². The molecule has 0 heterocycles. The highest BCUT2D eigenvalue weighted by Crippen LogP contribution is 2.35. The average molecular weight is 420 g/mol. The molecule has 2 N–H and O–H groups in total. The molecule has 0 spiro atoms. The Morgan fingerprint density at radius 3 is 2.50 bits per heavy atom. The van der Waals surface area contributed by atoms with Crippen molar-refractivity contribution in [2.45, 2.75) is 6.42 Å². The summed E-state index contributed by atoms with van der Waals surface area (Å²) < 4.78 is 6.29. The zero-order valence-corrected chi connectivity index (χ0v) is 11.9. The molecule has 14 heavy (non-hydrogen) atoms. The molecule has 1 rings (SSSR count). The molecule has 0 unspecified atom stereocenters. The summed E-state index contributed by atoms with van der Waals surface area (Å²) in [6.45, 7) is 0.531. The Labute approximate surface area is 110 Å². The summed E-state index contributed by atoms with van der Waals surface area (Å²) >= 11 is 4.01. The summed E-state index contributed by atoms with van der Waals surface area (Å²) in [5.74, 6) is 0.448. The van der Waals surface area contributed by atoms with Gasteiger partial charge in [-0.25, -0.2) is 0 Å². The lowest BCUT2D eigenvalue weighted by atomic mass is 10.1. The topological polar surface area (TPSA) is 49.7 Å². The SMILES string of the molecule is COCCc1cc(O)c(I)c(I)c1O. The number of ether oxygens (including phenoxy) is 1. The molecular weight excluding hydrogens is 410 g/mol. The van der Waals surface area contributed by atoms with Gasteiger partial charge >= 0.3 is 0 Å². The maximum atomic E-state index is 9.75. The van der Waals surface area contributed by atoms with Crippen molar-refractivity contribution in [3.05, 3.63) is 18.8 Å². The number of hydrogen-bond acceptors (Lipinski definition) is 3. The van der Waals surface area contributed by atoms with E-state index in [0.29, 0.717) is 25.7 Å². The lowest BCUT2D eigenvalue weighted by Gasteiger charge is -2.09. The predicted molar refractivity (Wildman–Crippen MR) is 70.8 cm³/mol. The van der Waals surface area contributed by atoms with E-state index in [9.17, 15) is 10.2 Å². The highest BCUT2D eigenvalue weighted by atomic mass is 127. The summed E-state index contributed by atoms with van der Waals surface area (Å²) in [4.78, 5) is 0. The first-order chi connectivity index (χ1) is 6.57. The standard InChI is InChI=1S/C9H10I2O3/c1-14-3-2-5-4-6(12)7(10)8(11)9(5)13/h4,12-13H,2-3H2,1H3. The second-order valence-corrected chi connectivity index (χ2v) is 4.93.